The van der Waals surface area contributed by atoms with Crippen LogP contribution in [0, 0.1) is 45.9 Å². The fraction of sp³-hybridized carbons (Fsp3) is 0.528. The number of allylic oxidation sites excluding steroid dienone is 2. The topological polar surface area (TPSA) is 34.1 Å². The van der Waals surface area contributed by atoms with Crippen LogP contribution in [-0.2, 0) is 9.59 Å². The lowest BCUT2D eigenvalue weighted by Gasteiger charge is -2.38. The number of carbonyl (C=O) groups is 2. The van der Waals surface area contributed by atoms with Crippen molar-refractivity contribution in [3.8, 4) is 45.9 Å². The number of carbonyl (C=O) groups excluding carboxylic acids is 2. The van der Waals surface area contributed by atoms with Crippen LogP contribution in [0.3, 0.4) is 0 Å². The molecule has 414 valence electrons. The van der Waals surface area contributed by atoms with E-state index in [9.17, 15) is 0 Å². The molecule has 0 aromatic heterocycles. The van der Waals surface area contributed by atoms with Gasteiger partial charge in [-0.15, -0.1) is 22.2 Å². The van der Waals surface area contributed by atoms with Crippen molar-refractivity contribution in [3.63, 3.8) is 0 Å². The number of rotatable bonds is 13. The lowest BCUT2D eigenvalue weighted by Crippen LogP contribution is -2.43. The third-order valence-corrected chi connectivity index (χ3v) is 45.2. The van der Waals surface area contributed by atoms with Crippen LogP contribution >= 0.6 is 0 Å². The molecule has 0 saturated carbocycles. The summed E-state index contributed by atoms with van der Waals surface area (Å²) in [4.78, 5) is 31.7. The molecule has 4 aromatic carbocycles. The molecular formula is C72H98O2Si4. The van der Waals surface area contributed by atoms with Crippen molar-refractivity contribution in [2.24, 2.45) is 0 Å². The summed E-state index contributed by atoms with van der Waals surface area (Å²) < 4.78 is 0. The third-order valence-electron chi connectivity index (χ3n) is 20.1. The minimum Gasteiger partial charge on any atom is -0.294 e. The predicted molar refractivity (Wildman–Crippen MR) is 353 cm³/mol. The maximum absolute atomic E-state index is 15.9. The summed E-state index contributed by atoms with van der Waals surface area (Å²) in [6.07, 6.45) is 7.58. The van der Waals surface area contributed by atoms with Gasteiger partial charge in [0.1, 0.15) is 32.3 Å². The van der Waals surface area contributed by atoms with E-state index < -0.39 is 44.1 Å². The van der Waals surface area contributed by atoms with E-state index in [1.165, 1.54) is 0 Å². The fourth-order valence-corrected chi connectivity index (χ4v) is 37.2. The molecule has 6 rings (SSSR count). The van der Waals surface area contributed by atoms with Gasteiger partial charge >= 0.3 is 0 Å². The molecule has 0 aliphatic heterocycles. The molecule has 0 radical (unpaired) electrons. The molecule has 0 saturated heterocycles. The zero-order valence-electron chi connectivity index (χ0n) is 52.8. The summed E-state index contributed by atoms with van der Waals surface area (Å²) in [6, 6.07) is 17.3. The van der Waals surface area contributed by atoms with Crippen molar-refractivity contribution in [1.29, 1.82) is 0 Å². The van der Waals surface area contributed by atoms with Crippen LogP contribution in [0.5, 0.6) is 0 Å². The maximum atomic E-state index is 15.9. The van der Waals surface area contributed by atoms with E-state index in [4.69, 9.17) is 0 Å². The number of ketones is 2. The fourth-order valence-electron chi connectivity index (χ4n) is 16.4. The lowest BCUT2D eigenvalue weighted by atomic mass is 9.66. The number of hydrogen-bond donors (Lipinski definition) is 0. The van der Waals surface area contributed by atoms with Crippen LogP contribution in [0.1, 0.15) is 223 Å². The molecule has 0 fully saturated rings. The highest BCUT2D eigenvalue weighted by atomic mass is 28.3. The van der Waals surface area contributed by atoms with Gasteiger partial charge in [0.05, 0.1) is 11.8 Å². The lowest BCUT2D eigenvalue weighted by molar-refractivity contribution is -0.122. The van der Waals surface area contributed by atoms with Gasteiger partial charge in [-0.2, -0.15) is 0 Å². The monoisotopic (exact) mass is 1110 g/mol. The van der Waals surface area contributed by atoms with Gasteiger partial charge in [0.15, 0.2) is 11.6 Å². The highest BCUT2D eigenvalue weighted by Crippen LogP contribution is 2.52. The van der Waals surface area contributed by atoms with Gasteiger partial charge in [-0.1, -0.05) is 238 Å². The minimum absolute atomic E-state index is 0.0875. The first-order valence-electron chi connectivity index (χ1n) is 30.2. The Morgan fingerprint density at radius 2 is 0.487 bits per heavy atom. The molecule has 2 aliphatic rings. The van der Waals surface area contributed by atoms with E-state index >= 15 is 9.59 Å². The van der Waals surface area contributed by atoms with Gasteiger partial charge in [-0.05, 0) is 135 Å². The highest BCUT2D eigenvalue weighted by Gasteiger charge is 2.48. The van der Waals surface area contributed by atoms with E-state index in [2.05, 4.69) is 261 Å². The second kappa shape index (κ2) is 24.2. The molecule has 0 N–H and O–H groups in total. The Labute approximate surface area is 479 Å². The zero-order valence-corrected chi connectivity index (χ0v) is 56.8. The van der Waals surface area contributed by atoms with Crippen molar-refractivity contribution < 1.29 is 9.59 Å². The molecule has 6 heteroatoms. The average molecular weight is 1110 g/mol. The van der Waals surface area contributed by atoms with Gasteiger partial charge in [0.25, 0.3) is 0 Å². The summed E-state index contributed by atoms with van der Waals surface area (Å²) in [5, 5.41) is 4.09. The number of hydrogen-bond acceptors (Lipinski definition) is 2. The van der Waals surface area contributed by atoms with Crippen LogP contribution < -0.4 is 0 Å². The van der Waals surface area contributed by atoms with Crippen LogP contribution in [0.25, 0.3) is 33.7 Å². The molecule has 0 spiro atoms. The standard InChI is InChI=1S/C72H98O2Si4/c1-45(2)75(46(3)4,47(5)6)41-37-61-57-29-25-27-31-59(57)65(39-43-77(51(13)14,52(15)16)53(17)18)69-63(61)33-35-67(73)71(69)72-68(74)36-34-64-62(38-42-76(48(7)8,49(9)10)50(11)12)58-30-26-28-32-60(58)66(70(64)72)40-44-78(54(19)20,55(21)22)56(23)24/h25-36,45-56,71-72H,1-24H3/t71-,72-/m0/s1. The van der Waals surface area contributed by atoms with E-state index in [1.807, 2.05) is 12.2 Å². The quantitative estimate of drug-likeness (QED) is 0.0988. The zero-order chi connectivity index (χ0) is 58.3. The summed E-state index contributed by atoms with van der Waals surface area (Å²) in [7, 11) is -9.15. The van der Waals surface area contributed by atoms with Crippen molar-refractivity contribution in [2.45, 2.75) is 244 Å². The van der Waals surface area contributed by atoms with Gasteiger partial charge in [-0.3, -0.25) is 9.59 Å². The van der Waals surface area contributed by atoms with Gasteiger partial charge in [0, 0.05) is 22.3 Å². The van der Waals surface area contributed by atoms with Crippen molar-refractivity contribution in [1.82, 2.24) is 0 Å². The largest absolute Gasteiger partial charge is 0.294 e. The summed E-state index contributed by atoms with van der Waals surface area (Å²) in [5.74, 6) is 14.0. The molecule has 78 heavy (non-hydrogen) atoms. The summed E-state index contributed by atoms with van der Waals surface area (Å²) >= 11 is 0. The first-order chi connectivity index (χ1) is 36.5. The molecule has 2 nitrogen and oxygen atoms in total. The number of benzene rings is 4. The van der Waals surface area contributed by atoms with Gasteiger partial charge in [-0.25, -0.2) is 0 Å². The van der Waals surface area contributed by atoms with Crippen molar-refractivity contribution in [3.05, 3.63) is 105 Å². The predicted octanol–water partition coefficient (Wildman–Crippen LogP) is 20.3. The molecule has 0 amide bonds. The van der Waals surface area contributed by atoms with Crippen LogP contribution in [0.15, 0.2) is 60.7 Å². The molecule has 2 atom stereocenters. The Morgan fingerprint density at radius 1 is 0.295 bits per heavy atom. The molecule has 0 bridgehead atoms. The van der Waals surface area contributed by atoms with E-state index in [1.54, 1.807) is 12.2 Å². The first-order valence-corrected chi connectivity index (χ1v) is 39.1. The molecule has 4 aromatic rings. The first kappa shape index (κ1) is 62.5. The second-order valence-corrected chi connectivity index (χ2v) is 49.6. The Balaban J connectivity index is 1.94. The molecule has 0 heterocycles. The smallest absolute Gasteiger partial charge is 0.164 e. The average Bonchev–Trinajstić information content (AvgIpc) is 3.55. The van der Waals surface area contributed by atoms with E-state index in [0.717, 1.165) is 66.1 Å². The molecule has 2 aliphatic carbocycles. The Hall–Kier alpha value is -4.67. The second-order valence-electron chi connectivity index (χ2n) is 27.3. The summed E-state index contributed by atoms with van der Waals surface area (Å²) in [5.41, 5.74) is 28.5. The summed E-state index contributed by atoms with van der Waals surface area (Å²) in [6.45, 7) is 56.7. The molecular weight excluding hydrogens is 1010 g/mol. The van der Waals surface area contributed by atoms with Gasteiger partial charge < -0.3 is 0 Å². The van der Waals surface area contributed by atoms with Crippen LogP contribution in [0.4, 0.5) is 0 Å². The van der Waals surface area contributed by atoms with E-state index in [0.29, 0.717) is 66.5 Å². The Morgan fingerprint density at radius 3 is 0.692 bits per heavy atom. The Bertz CT molecular complexity index is 2960. The SMILES string of the molecule is CC(C)[Si](C#Cc1c2c(c(C#C[Si](C(C)C)(C(C)C)C(C)C)c3ccccc13)[C@@H]([C@H]1C(=O)C=Cc3c1c(C#C[Si](C(C)C)(C(C)C)C(C)C)c1ccccc1c3C#C[Si](C(C)C)(C(C)C)C(C)C)C(=O)C=C2)(C(C)C)C(C)C. The minimum atomic E-state index is -2.33. The normalized spacial score (nSPS) is 16.1. The van der Waals surface area contributed by atoms with Crippen LogP contribution in [0.2, 0.25) is 66.5 Å². The highest BCUT2D eigenvalue weighted by molar-refractivity contribution is 6.92. The Kier molecular flexibility index (Phi) is 19.4. The number of fused-ring (bicyclic) bond motifs is 4. The third kappa shape index (κ3) is 10.5. The molecule has 0 unspecified atom stereocenters. The van der Waals surface area contributed by atoms with E-state index in [-0.39, 0.29) is 11.6 Å². The maximum Gasteiger partial charge on any atom is 0.164 e. The van der Waals surface area contributed by atoms with Crippen LogP contribution in [-0.4, -0.2) is 43.9 Å². The van der Waals surface area contributed by atoms with Gasteiger partial charge in [0.2, 0.25) is 0 Å². The van der Waals surface area contributed by atoms with Crippen molar-refractivity contribution >= 4 is 77.6 Å². The van der Waals surface area contributed by atoms with Crippen molar-refractivity contribution in [2.75, 3.05) is 0 Å².